The molecule has 1 aliphatic carbocycles. The van der Waals surface area contributed by atoms with Gasteiger partial charge in [-0.25, -0.2) is 0 Å². The van der Waals surface area contributed by atoms with E-state index >= 15 is 0 Å². The molecule has 18 heavy (non-hydrogen) atoms. The second-order valence-corrected chi connectivity index (χ2v) is 6.68. The molecule has 3 unspecified atom stereocenters. The van der Waals surface area contributed by atoms with Gasteiger partial charge in [-0.05, 0) is 37.5 Å². The van der Waals surface area contributed by atoms with Crippen LogP contribution in [0.25, 0.3) is 0 Å². The highest BCUT2D eigenvalue weighted by atomic mass is 127. The lowest BCUT2D eigenvalue weighted by Gasteiger charge is -2.23. The molecule has 1 rings (SSSR count). The van der Waals surface area contributed by atoms with E-state index < -0.39 is 0 Å². The van der Waals surface area contributed by atoms with Crippen molar-refractivity contribution in [2.75, 3.05) is 7.05 Å². The lowest BCUT2D eigenvalue weighted by atomic mass is 9.89. The molecule has 0 aromatic carbocycles. The van der Waals surface area contributed by atoms with E-state index in [4.69, 9.17) is 0 Å². The van der Waals surface area contributed by atoms with E-state index in [2.05, 4.69) is 50.2 Å². The SMILES string of the molecule is CN=C(NC(C)CCC(C)(C)C)NC1CC1C.I. The van der Waals surface area contributed by atoms with Crippen molar-refractivity contribution in [1.29, 1.82) is 0 Å². The summed E-state index contributed by atoms with van der Waals surface area (Å²) in [6.07, 6.45) is 3.69. The summed E-state index contributed by atoms with van der Waals surface area (Å²) in [5.41, 5.74) is 0.415. The molecule has 0 saturated heterocycles. The van der Waals surface area contributed by atoms with Crippen LogP contribution >= 0.6 is 24.0 Å². The number of rotatable bonds is 4. The highest BCUT2D eigenvalue weighted by Gasteiger charge is 2.33. The summed E-state index contributed by atoms with van der Waals surface area (Å²) in [6.45, 7) is 11.4. The van der Waals surface area contributed by atoms with Crippen LogP contribution in [0.3, 0.4) is 0 Å². The predicted molar refractivity (Wildman–Crippen MR) is 90.8 cm³/mol. The largest absolute Gasteiger partial charge is 0.354 e. The summed E-state index contributed by atoms with van der Waals surface area (Å²) in [5.74, 6) is 1.76. The molecule has 0 aliphatic heterocycles. The molecular formula is C14H30IN3. The fourth-order valence-electron chi connectivity index (χ4n) is 1.82. The summed E-state index contributed by atoms with van der Waals surface area (Å²) < 4.78 is 0. The summed E-state index contributed by atoms with van der Waals surface area (Å²) in [7, 11) is 1.85. The van der Waals surface area contributed by atoms with Gasteiger partial charge in [-0.1, -0.05) is 27.7 Å². The molecule has 1 saturated carbocycles. The van der Waals surface area contributed by atoms with Gasteiger partial charge in [-0.2, -0.15) is 0 Å². The van der Waals surface area contributed by atoms with Crippen LogP contribution in [0.2, 0.25) is 0 Å². The molecule has 0 bridgehead atoms. The van der Waals surface area contributed by atoms with E-state index in [9.17, 15) is 0 Å². The number of nitrogens with zero attached hydrogens (tertiary/aromatic N) is 1. The minimum atomic E-state index is 0. The third-order valence-electron chi connectivity index (χ3n) is 3.37. The third kappa shape index (κ3) is 7.44. The Morgan fingerprint density at radius 3 is 2.33 bits per heavy atom. The summed E-state index contributed by atoms with van der Waals surface area (Å²) >= 11 is 0. The van der Waals surface area contributed by atoms with Crippen molar-refractivity contribution >= 4 is 29.9 Å². The Morgan fingerprint density at radius 2 is 1.94 bits per heavy atom. The normalized spacial score (nSPS) is 25.1. The fraction of sp³-hybridized carbons (Fsp3) is 0.929. The van der Waals surface area contributed by atoms with Gasteiger partial charge in [0.2, 0.25) is 0 Å². The Bertz CT molecular complexity index is 271. The van der Waals surface area contributed by atoms with Crippen molar-refractivity contribution < 1.29 is 0 Å². The number of hydrogen-bond donors (Lipinski definition) is 2. The second kappa shape index (κ2) is 7.56. The molecule has 1 fully saturated rings. The molecule has 3 nitrogen and oxygen atoms in total. The summed E-state index contributed by atoms with van der Waals surface area (Å²) in [4.78, 5) is 4.28. The molecule has 0 heterocycles. The first-order chi connectivity index (χ1) is 7.81. The van der Waals surface area contributed by atoms with Crippen LogP contribution in [0.4, 0.5) is 0 Å². The summed E-state index contributed by atoms with van der Waals surface area (Å²) in [5, 5.41) is 6.93. The van der Waals surface area contributed by atoms with Gasteiger partial charge in [-0.3, -0.25) is 4.99 Å². The number of guanidine groups is 1. The van der Waals surface area contributed by atoms with E-state index in [1.165, 1.54) is 19.3 Å². The highest BCUT2D eigenvalue weighted by Crippen LogP contribution is 2.28. The first kappa shape index (κ1) is 18.0. The third-order valence-corrected chi connectivity index (χ3v) is 3.37. The quantitative estimate of drug-likeness (QED) is 0.454. The first-order valence-electron chi connectivity index (χ1n) is 6.81. The Morgan fingerprint density at radius 1 is 1.39 bits per heavy atom. The molecule has 108 valence electrons. The molecular weight excluding hydrogens is 337 g/mol. The minimum absolute atomic E-state index is 0. The molecule has 1 aliphatic rings. The lowest BCUT2D eigenvalue weighted by molar-refractivity contribution is 0.346. The van der Waals surface area contributed by atoms with Crippen molar-refractivity contribution in [3.63, 3.8) is 0 Å². The highest BCUT2D eigenvalue weighted by molar-refractivity contribution is 14.0. The van der Waals surface area contributed by atoms with E-state index in [1.807, 2.05) is 7.05 Å². The Kier molecular flexibility index (Phi) is 7.56. The Balaban J connectivity index is 0.00000289. The van der Waals surface area contributed by atoms with E-state index in [1.54, 1.807) is 0 Å². The van der Waals surface area contributed by atoms with Gasteiger partial charge in [0.1, 0.15) is 0 Å². The van der Waals surface area contributed by atoms with Gasteiger partial charge in [0.25, 0.3) is 0 Å². The van der Waals surface area contributed by atoms with E-state index in [0.717, 1.165) is 11.9 Å². The molecule has 0 aromatic rings. The zero-order valence-corrected chi connectivity index (χ0v) is 15.0. The average Bonchev–Trinajstić information content (AvgIpc) is 2.89. The summed E-state index contributed by atoms with van der Waals surface area (Å²) in [6, 6.07) is 1.12. The van der Waals surface area contributed by atoms with Crippen LogP contribution < -0.4 is 10.6 Å². The van der Waals surface area contributed by atoms with Crippen LogP contribution in [0.5, 0.6) is 0 Å². The number of aliphatic imine (C=N–C) groups is 1. The number of nitrogens with one attached hydrogen (secondary N) is 2. The second-order valence-electron chi connectivity index (χ2n) is 6.68. The molecule has 2 N–H and O–H groups in total. The fourth-order valence-corrected chi connectivity index (χ4v) is 1.82. The Hall–Kier alpha value is 0. The van der Waals surface area contributed by atoms with Crippen molar-refractivity contribution in [3.05, 3.63) is 0 Å². The zero-order valence-electron chi connectivity index (χ0n) is 12.7. The van der Waals surface area contributed by atoms with Gasteiger partial charge in [-0.15, -0.1) is 24.0 Å². The maximum Gasteiger partial charge on any atom is 0.191 e. The lowest BCUT2D eigenvalue weighted by Crippen LogP contribution is -2.43. The Labute approximate surface area is 130 Å². The van der Waals surface area contributed by atoms with Crippen molar-refractivity contribution in [2.45, 2.75) is 66.0 Å². The van der Waals surface area contributed by atoms with Gasteiger partial charge in [0, 0.05) is 19.1 Å². The van der Waals surface area contributed by atoms with Crippen LogP contribution in [0.15, 0.2) is 4.99 Å². The minimum Gasteiger partial charge on any atom is -0.354 e. The van der Waals surface area contributed by atoms with Crippen LogP contribution in [0, 0.1) is 11.3 Å². The van der Waals surface area contributed by atoms with Crippen LogP contribution in [0.1, 0.15) is 53.9 Å². The molecule has 4 heteroatoms. The number of hydrogen-bond acceptors (Lipinski definition) is 1. The van der Waals surface area contributed by atoms with Crippen LogP contribution in [-0.2, 0) is 0 Å². The van der Waals surface area contributed by atoms with Gasteiger partial charge >= 0.3 is 0 Å². The first-order valence-corrected chi connectivity index (χ1v) is 6.81. The molecule has 3 atom stereocenters. The monoisotopic (exact) mass is 367 g/mol. The van der Waals surface area contributed by atoms with Gasteiger partial charge < -0.3 is 10.6 Å². The molecule has 0 amide bonds. The average molecular weight is 367 g/mol. The molecule has 0 spiro atoms. The predicted octanol–water partition coefficient (Wildman–Crippen LogP) is 3.39. The molecule has 0 radical (unpaired) electrons. The number of halogens is 1. The van der Waals surface area contributed by atoms with Crippen molar-refractivity contribution in [1.82, 2.24) is 10.6 Å². The maximum atomic E-state index is 4.28. The topological polar surface area (TPSA) is 36.4 Å². The van der Waals surface area contributed by atoms with Gasteiger partial charge in [0.15, 0.2) is 5.96 Å². The standard InChI is InChI=1S/C14H29N3.HI/c1-10-9-12(10)17-13(15-6)16-11(2)7-8-14(3,4)5;/h10-12H,7-9H2,1-6H3,(H2,15,16,17);1H. The van der Waals surface area contributed by atoms with Crippen molar-refractivity contribution in [3.8, 4) is 0 Å². The van der Waals surface area contributed by atoms with Crippen LogP contribution in [-0.4, -0.2) is 25.1 Å². The zero-order chi connectivity index (χ0) is 13.1. The van der Waals surface area contributed by atoms with Gasteiger partial charge in [0.05, 0.1) is 0 Å². The maximum absolute atomic E-state index is 4.28. The smallest absolute Gasteiger partial charge is 0.191 e. The van der Waals surface area contributed by atoms with E-state index in [-0.39, 0.29) is 24.0 Å². The van der Waals surface area contributed by atoms with Crippen molar-refractivity contribution in [2.24, 2.45) is 16.3 Å². The molecule has 0 aromatic heterocycles. The van der Waals surface area contributed by atoms with E-state index in [0.29, 0.717) is 17.5 Å².